The molecule has 98 valence electrons. The highest BCUT2D eigenvalue weighted by Gasteiger charge is 2.33. The molecule has 0 aliphatic carbocycles. The second-order valence-corrected chi connectivity index (χ2v) is 4.59. The van der Waals surface area contributed by atoms with Crippen LogP contribution < -0.4 is 11.1 Å². The molecule has 4 N–H and O–H groups in total. The molecular formula is C12H18N4O2. The van der Waals surface area contributed by atoms with Crippen LogP contribution in [0.3, 0.4) is 0 Å². The van der Waals surface area contributed by atoms with Crippen molar-refractivity contribution in [3.8, 4) is 0 Å². The summed E-state index contributed by atoms with van der Waals surface area (Å²) >= 11 is 0. The van der Waals surface area contributed by atoms with Crippen LogP contribution in [0, 0.1) is 5.41 Å². The van der Waals surface area contributed by atoms with E-state index < -0.39 is 5.41 Å². The topological polar surface area (TPSA) is 101 Å². The Kier molecular flexibility index (Phi) is 4.25. The Bertz CT molecular complexity index is 443. The fourth-order valence-corrected chi connectivity index (χ4v) is 1.35. The number of carbonyl (C=O) groups excluding carboxylic acids is 1. The molecule has 0 saturated heterocycles. The van der Waals surface area contributed by atoms with Gasteiger partial charge in [-0.25, -0.2) is 0 Å². The highest BCUT2D eigenvalue weighted by molar-refractivity contribution is 6.05. The normalized spacial score (nSPS) is 14.1. The van der Waals surface area contributed by atoms with Gasteiger partial charge in [-0.1, -0.05) is 5.16 Å². The third kappa shape index (κ3) is 2.97. The van der Waals surface area contributed by atoms with Crippen molar-refractivity contribution < 1.29 is 10.0 Å². The van der Waals surface area contributed by atoms with E-state index in [1.54, 1.807) is 26.2 Å². The average molecular weight is 250 g/mol. The summed E-state index contributed by atoms with van der Waals surface area (Å²) in [6.45, 7) is 5.04. The molecule has 0 saturated carbocycles. The summed E-state index contributed by atoms with van der Waals surface area (Å²) in [5, 5.41) is 14.3. The monoisotopic (exact) mass is 250 g/mol. The van der Waals surface area contributed by atoms with Crippen LogP contribution in [0.1, 0.15) is 32.4 Å². The van der Waals surface area contributed by atoms with Crippen LogP contribution >= 0.6 is 0 Å². The lowest BCUT2D eigenvalue weighted by molar-refractivity contribution is -0.127. The minimum absolute atomic E-state index is 0.123. The predicted molar refractivity (Wildman–Crippen MR) is 68.0 cm³/mol. The molecular weight excluding hydrogens is 232 g/mol. The van der Waals surface area contributed by atoms with Crippen molar-refractivity contribution in [3.63, 3.8) is 0 Å². The molecule has 6 heteroatoms. The van der Waals surface area contributed by atoms with Crippen LogP contribution in [-0.4, -0.2) is 21.9 Å². The van der Waals surface area contributed by atoms with Gasteiger partial charge in [-0.3, -0.25) is 9.78 Å². The fraction of sp³-hybridized carbons (Fsp3) is 0.417. The predicted octanol–water partition coefficient (Wildman–Crippen LogP) is 1.03. The number of aromatic nitrogens is 1. The van der Waals surface area contributed by atoms with E-state index in [9.17, 15) is 4.79 Å². The van der Waals surface area contributed by atoms with Gasteiger partial charge in [0.05, 0.1) is 6.04 Å². The van der Waals surface area contributed by atoms with E-state index in [-0.39, 0.29) is 17.8 Å². The molecule has 0 bridgehead atoms. The molecule has 1 amide bonds. The fourth-order valence-electron chi connectivity index (χ4n) is 1.35. The van der Waals surface area contributed by atoms with Crippen LogP contribution in [-0.2, 0) is 4.79 Å². The van der Waals surface area contributed by atoms with Crippen molar-refractivity contribution in [1.82, 2.24) is 10.3 Å². The molecule has 1 unspecified atom stereocenters. The number of nitrogens with two attached hydrogens (primary N) is 1. The molecule has 1 atom stereocenters. The maximum absolute atomic E-state index is 12.1. The van der Waals surface area contributed by atoms with Gasteiger partial charge in [-0.05, 0) is 38.5 Å². The van der Waals surface area contributed by atoms with Crippen molar-refractivity contribution in [1.29, 1.82) is 0 Å². The summed E-state index contributed by atoms with van der Waals surface area (Å²) in [6, 6.07) is 3.47. The molecule has 0 aliphatic rings. The second kappa shape index (κ2) is 5.48. The molecule has 0 aromatic carbocycles. The van der Waals surface area contributed by atoms with Crippen LogP contribution in [0.4, 0.5) is 0 Å². The van der Waals surface area contributed by atoms with Crippen molar-refractivity contribution in [2.75, 3.05) is 0 Å². The number of nitrogens with one attached hydrogen (secondary N) is 1. The van der Waals surface area contributed by atoms with Crippen molar-refractivity contribution in [2.45, 2.75) is 26.8 Å². The molecule has 1 aromatic rings. The molecule has 0 spiro atoms. The minimum atomic E-state index is -1.06. The SMILES string of the molecule is CC(NC(=O)C(C)(C)C(N)=NO)c1ccncc1. The molecule has 18 heavy (non-hydrogen) atoms. The van der Waals surface area contributed by atoms with E-state index in [4.69, 9.17) is 10.9 Å². The summed E-state index contributed by atoms with van der Waals surface area (Å²) in [5.74, 6) is -0.427. The van der Waals surface area contributed by atoms with Crippen LogP contribution in [0.5, 0.6) is 0 Å². The van der Waals surface area contributed by atoms with Gasteiger partial charge >= 0.3 is 0 Å². The summed E-state index contributed by atoms with van der Waals surface area (Å²) < 4.78 is 0. The van der Waals surface area contributed by atoms with Gasteiger partial charge in [0.2, 0.25) is 5.91 Å². The molecule has 1 aromatic heterocycles. The standard InChI is InChI=1S/C12H18N4O2/c1-8(9-4-6-14-7-5-9)15-11(17)12(2,3)10(13)16-18/h4-8,18H,1-3H3,(H2,13,16)(H,15,17). The van der Waals surface area contributed by atoms with Crippen molar-refractivity contribution in [3.05, 3.63) is 30.1 Å². The number of hydrogen-bond donors (Lipinski definition) is 3. The number of nitrogens with zero attached hydrogens (tertiary/aromatic N) is 2. The largest absolute Gasteiger partial charge is 0.409 e. The summed E-state index contributed by atoms with van der Waals surface area (Å²) in [4.78, 5) is 16.0. The Morgan fingerprint density at radius 2 is 2.06 bits per heavy atom. The Hall–Kier alpha value is -2.11. The third-order valence-electron chi connectivity index (χ3n) is 2.87. The highest BCUT2D eigenvalue weighted by Crippen LogP contribution is 2.18. The smallest absolute Gasteiger partial charge is 0.233 e. The Morgan fingerprint density at radius 1 is 1.50 bits per heavy atom. The van der Waals surface area contributed by atoms with Crippen molar-refractivity contribution >= 4 is 11.7 Å². The average Bonchev–Trinajstić information content (AvgIpc) is 2.38. The summed E-state index contributed by atoms with van der Waals surface area (Å²) in [5.41, 5.74) is 5.37. The lowest BCUT2D eigenvalue weighted by Gasteiger charge is -2.24. The highest BCUT2D eigenvalue weighted by atomic mass is 16.4. The molecule has 0 radical (unpaired) electrons. The zero-order chi connectivity index (χ0) is 13.8. The molecule has 1 heterocycles. The second-order valence-electron chi connectivity index (χ2n) is 4.59. The minimum Gasteiger partial charge on any atom is -0.409 e. The van der Waals surface area contributed by atoms with Gasteiger partial charge in [0.15, 0.2) is 5.84 Å². The van der Waals surface area contributed by atoms with E-state index in [0.717, 1.165) is 5.56 Å². The molecule has 1 rings (SSSR count). The van der Waals surface area contributed by atoms with Gasteiger partial charge in [0.1, 0.15) is 5.41 Å². The Labute approximate surface area is 106 Å². The molecule has 6 nitrogen and oxygen atoms in total. The van der Waals surface area contributed by atoms with E-state index in [2.05, 4.69) is 15.5 Å². The van der Waals surface area contributed by atoms with E-state index >= 15 is 0 Å². The van der Waals surface area contributed by atoms with E-state index in [1.165, 1.54) is 0 Å². The van der Waals surface area contributed by atoms with Crippen LogP contribution in [0.2, 0.25) is 0 Å². The van der Waals surface area contributed by atoms with E-state index in [1.807, 2.05) is 19.1 Å². The van der Waals surface area contributed by atoms with Crippen LogP contribution in [0.15, 0.2) is 29.7 Å². The van der Waals surface area contributed by atoms with Gasteiger partial charge in [0.25, 0.3) is 0 Å². The first-order valence-corrected chi connectivity index (χ1v) is 5.58. The number of carbonyl (C=O) groups is 1. The zero-order valence-electron chi connectivity index (χ0n) is 10.7. The van der Waals surface area contributed by atoms with Gasteiger partial charge in [-0.15, -0.1) is 0 Å². The lowest BCUT2D eigenvalue weighted by atomic mass is 9.90. The summed E-state index contributed by atoms with van der Waals surface area (Å²) in [7, 11) is 0. The number of amidine groups is 1. The quantitative estimate of drug-likeness (QED) is 0.321. The first-order valence-electron chi connectivity index (χ1n) is 5.58. The molecule has 0 fully saturated rings. The number of rotatable bonds is 4. The van der Waals surface area contributed by atoms with Crippen molar-refractivity contribution in [2.24, 2.45) is 16.3 Å². The molecule has 0 aliphatic heterocycles. The number of amides is 1. The summed E-state index contributed by atoms with van der Waals surface area (Å²) in [6.07, 6.45) is 3.32. The zero-order valence-corrected chi connectivity index (χ0v) is 10.7. The van der Waals surface area contributed by atoms with Gasteiger partial charge < -0.3 is 16.3 Å². The maximum atomic E-state index is 12.1. The van der Waals surface area contributed by atoms with Gasteiger partial charge in [-0.2, -0.15) is 0 Å². The number of hydrogen-bond acceptors (Lipinski definition) is 4. The number of pyridine rings is 1. The van der Waals surface area contributed by atoms with Gasteiger partial charge in [0, 0.05) is 12.4 Å². The number of oxime groups is 1. The first kappa shape index (κ1) is 14.0. The maximum Gasteiger partial charge on any atom is 0.233 e. The third-order valence-corrected chi connectivity index (χ3v) is 2.87. The lowest BCUT2D eigenvalue weighted by Crippen LogP contribution is -2.46. The van der Waals surface area contributed by atoms with Crippen LogP contribution in [0.25, 0.3) is 0 Å². The first-order chi connectivity index (χ1) is 8.39. The Morgan fingerprint density at radius 3 is 2.56 bits per heavy atom. The Balaban J connectivity index is 2.77. The van der Waals surface area contributed by atoms with E-state index in [0.29, 0.717) is 0 Å².